The van der Waals surface area contributed by atoms with Gasteiger partial charge in [0.25, 0.3) is 10.0 Å². The van der Waals surface area contributed by atoms with E-state index in [1.165, 1.54) is 12.1 Å². The number of aliphatic hydroxyl groups is 1. The molecule has 0 aliphatic heterocycles. The first kappa shape index (κ1) is 13.1. The summed E-state index contributed by atoms with van der Waals surface area (Å²) in [5.41, 5.74) is 0. The van der Waals surface area contributed by atoms with E-state index >= 15 is 0 Å². The Labute approximate surface area is 113 Å². The van der Waals surface area contributed by atoms with Crippen LogP contribution in [0.4, 0.5) is 0 Å². The van der Waals surface area contributed by atoms with Crippen molar-refractivity contribution in [2.24, 2.45) is 11.8 Å². The maximum Gasteiger partial charge on any atom is 0.276 e. The maximum atomic E-state index is 12.5. The third-order valence-electron chi connectivity index (χ3n) is 3.70. The molecule has 6 heteroatoms. The van der Waals surface area contributed by atoms with Crippen molar-refractivity contribution in [2.75, 3.05) is 13.1 Å². The van der Waals surface area contributed by atoms with Crippen molar-refractivity contribution in [3.05, 3.63) is 17.9 Å². The van der Waals surface area contributed by atoms with Gasteiger partial charge in [0.2, 0.25) is 5.09 Å². The Morgan fingerprint density at radius 2 is 1.74 bits per heavy atom. The monoisotopic (exact) mass is 285 g/mol. The van der Waals surface area contributed by atoms with E-state index in [9.17, 15) is 8.42 Å². The first-order chi connectivity index (χ1) is 9.09. The van der Waals surface area contributed by atoms with E-state index in [2.05, 4.69) is 0 Å². The summed E-state index contributed by atoms with van der Waals surface area (Å²) in [5.74, 6) is 1.32. The van der Waals surface area contributed by atoms with Crippen molar-refractivity contribution in [2.45, 2.75) is 37.4 Å². The van der Waals surface area contributed by atoms with E-state index in [1.807, 2.05) is 0 Å². The van der Waals surface area contributed by atoms with Gasteiger partial charge in [-0.15, -0.1) is 0 Å². The SMILES string of the molecule is O=S(=O)(c1ccc(CO)o1)N(CC1CC1)CC1CC1. The largest absolute Gasteiger partial charge is 0.446 e. The summed E-state index contributed by atoms with van der Waals surface area (Å²) in [7, 11) is -3.54. The summed E-state index contributed by atoms with van der Waals surface area (Å²) in [4.78, 5) is 0. The standard InChI is InChI=1S/C13H19NO4S/c15-9-12-5-6-13(18-12)19(16,17)14(7-10-1-2-10)8-11-3-4-11/h5-6,10-11,15H,1-4,7-9H2. The molecule has 0 amide bonds. The van der Waals surface area contributed by atoms with Gasteiger partial charge in [0, 0.05) is 13.1 Å². The second-order valence-corrected chi connectivity index (χ2v) is 7.46. The zero-order valence-corrected chi connectivity index (χ0v) is 11.6. The van der Waals surface area contributed by atoms with Crippen LogP contribution in [0.5, 0.6) is 0 Å². The third-order valence-corrected chi connectivity index (χ3v) is 5.41. The summed E-state index contributed by atoms with van der Waals surface area (Å²) in [5, 5.41) is 8.92. The van der Waals surface area contributed by atoms with Crippen molar-refractivity contribution < 1.29 is 17.9 Å². The first-order valence-corrected chi connectivity index (χ1v) is 8.23. The molecule has 2 saturated carbocycles. The first-order valence-electron chi connectivity index (χ1n) is 6.79. The van der Waals surface area contributed by atoms with E-state index in [1.54, 1.807) is 4.31 Å². The Morgan fingerprint density at radius 1 is 1.16 bits per heavy atom. The average molecular weight is 285 g/mol. The molecule has 19 heavy (non-hydrogen) atoms. The highest BCUT2D eigenvalue weighted by molar-refractivity contribution is 7.89. The van der Waals surface area contributed by atoms with Gasteiger partial charge in [0.1, 0.15) is 12.4 Å². The van der Waals surface area contributed by atoms with Crippen molar-refractivity contribution in [1.82, 2.24) is 4.31 Å². The minimum absolute atomic E-state index is 0.0437. The Balaban J connectivity index is 1.80. The summed E-state index contributed by atoms with van der Waals surface area (Å²) in [6, 6.07) is 2.95. The second kappa shape index (κ2) is 4.92. The van der Waals surface area contributed by atoms with Crippen molar-refractivity contribution in [1.29, 1.82) is 0 Å². The van der Waals surface area contributed by atoms with Crippen LogP contribution < -0.4 is 0 Å². The van der Waals surface area contributed by atoms with E-state index < -0.39 is 10.0 Å². The van der Waals surface area contributed by atoms with Gasteiger partial charge >= 0.3 is 0 Å². The molecule has 0 aromatic carbocycles. The fourth-order valence-corrected chi connectivity index (χ4v) is 3.68. The molecule has 0 unspecified atom stereocenters. The van der Waals surface area contributed by atoms with Crippen LogP contribution >= 0.6 is 0 Å². The van der Waals surface area contributed by atoms with E-state index in [0.717, 1.165) is 25.7 Å². The van der Waals surface area contributed by atoms with Gasteiger partial charge in [-0.2, -0.15) is 4.31 Å². The number of furan rings is 1. The number of sulfonamides is 1. The van der Waals surface area contributed by atoms with Gasteiger partial charge in [0.15, 0.2) is 0 Å². The maximum absolute atomic E-state index is 12.5. The van der Waals surface area contributed by atoms with Crippen LogP contribution in [0.1, 0.15) is 31.4 Å². The highest BCUT2D eigenvalue weighted by Crippen LogP contribution is 2.36. The molecule has 0 spiro atoms. The van der Waals surface area contributed by atoms with Crippen LogP contribution in [0.25, 0.3) is 0 Å². The van der Waals surface area contributed by atoms with Crippen molar-refractivity contribution in [3.8, 4) is 0 Å². The van der Waals surface area contributed by atoms with E-state index in [0.29, 0.717) is 24.9 Å². The fraction of sp³-hybridized carbons (Fsp3) is 0.692. The molecule has 5 nitrogen and oxygen atoms in total. The minimum atomic E-state index is -3.54. The van der Waals surface area contributed by atoms with Crippen LogP contribution in [0, 0.1) is 11.8 Å². The Kier molecular flexibility index (Phi) is 3.41. The predicted octanol–water partition coefficient (Wildman–Crippen LogP) is 1.58. The lowest BCUT2D eigenvalue weighted by atomic mass is 10.4. The molecule has 0 radical (unpaired) electrons. The smallest absolute Gasteiger partial charge is 0.276 e. The normalized spacial score (nSPS) is 20.1. The number of nitrogens with zero attached hydrogens (tertiary/aromatic N) is 1. The van der Waals surface area contributed by atoms with Crippen LogP contribution in [0.3, 0.4) is 0 Å². The topological polar surface area (TPSA) is 70.8 Å². The molecule has 0 saturated heterocycles. The molecule has 3 rings (SSSR count). The molecule has 1 aromatic heterocycles. The molecule has 1 aromatic rings. The van der Waals surface area contributed by atoms with Gasteiger partial charge in [-0.25, -0.2) is 8.42 Å². The minimum Gasteiger partial charge on any atom is -0.446 e. The summed E-state index contributed by atoms with van der Waals surface area (Å²) in [6.45, 7) is 0.933. The van der Waals surface area contributed by atoms with E-state index in [4.69, 9.17) is 9.52 Å². The molecular formula is C13H19NO4S. The lowest BCUT2D eigenvalue weighted by Gasteiger charge is -2.20. The molecule has 1 heterocycles. The predicted molar refractivity (Wildman–Crippen MR) is 68.8 cm³/mol. The van der Waals surface area contributed by atoms with Crippen LogP contribution in [0.2, 0.25) is 0 Å². The molecule has 1 N–H and O–H groups in total. The lowest BCUT2D eigenvalue weighted by Crippen LogP contribution is -2.34. The Hall–Kier alpha value is -0.850. The Bertz CT molecular complexity index is 529. The van der Waals surface area contributed by atoms with Gasteiger partial charge in [0.05, 0.1) is 0 Å². The number of rotatable bonds is 7. The number of aliphatic hydroxyl groups excluding tert-OH is 1. The van der Waals surface area contributed by atoms with Gasteiger partial charge in [-0.3, -0.25) is 0 Å². The summed E-state index contributed by atoms with van der Waals surface area (Å²) < 4.78 is 31.9. The van der Waals surface area contributed by atoms with Gasteiger partial charge in [-0.1, -0.05) is 0 Å². The zero-order chi connectivity index (χ0) is 13.5. The van der Waals surface area contributed by atoms with E-state index in [-0.39, 0.29) is 17.5 Å². The molecular weight excluding hydrogens is 266 g/mol. The number of hydrogen-bond donors (Lipinski definition) is 1. The van der Waals surface area contributed by atoms with Crippen molar-refractivity contribution >= 4 is 10.0 Å². The molecule has 2 aliphatic rings. The van der Waals surface area contributed by atoms with Crippen LogP contribution in [-0.2, 0) is 16.6 Å². The van der Waals surface area contributed by atoms with Crippen LogP contribution in [0.15, 0.2) is 21.6 Å². The average Bonchev–Trinajstić information content (AvgIpc) is 3.30. The molecule has 2 fully saturated rings. The highest BCUT2D eigenvalue weighted by Gasteiger charge is 2.37. The van der Waals surface area contributed by atoms with Gasteiger partial charge < -0.3 is 9.52 Å². The van der Waals surface area contributed by atoms with Crippen molar-refractivity contribution in [3.63, 3.8) is 0 Å². The molecule has 0 bridgehead atoms. The number of hydrogen-bond acceptors (Lipinski definition) is 4. The van der Waals surface area contributed by atoms with Gasteiger partial charge in [-0.05, 0) is 49.7 Å². The zero-order valence-electron chi connectivity index (χ0n) is 10.8. The lowest BCUT2D eigenvalue weighted by molar-refractivity contribution is 0.234. The summed E-state index contributed by atoms with van der Waals surface area (Å²) >= 11 is 0. The molecule has 0 atom stereocenters. The molecule has 2 aliphatic carbocycles. The second-order valence-electron chi connectivity index (χ2n) is 5.59. The quantitative estimate of drug-likeness (QED) is 0.825. The Morgan fingerprint density at radius 3 is 2.16 bits per heavy atom. The van der Waals surface area contributed by atoms with Crippen LogP contribution in [-0.4, -0.2) is 30.9 Å². The summed E-state index contributed by atoms with van der Waals surface area (Å²) in [6.07, 6.45) is 4.49. The highest BCUT2D eigenvalue weighted by atomic mass is 32.2. The third kappa shape index (κ3) is 3.01. The fourth-order valence-electron chi connectivity index (χ4n) is 2.16. The molecule has 106 valence electrons.